The molecule has 0 saturated carbocycles. The predicted molar refractivity (Wildman–Crippen MR) is 104 cm³/mol. The number of hydrogen-bond acceptors (Lipinski definition) is 3. The topological polar surface area (TPSA) is 44.7 Å². The van der Waals surface area contributed by atoms with Gasteiger partial charge in [0.15, 0.2) is 5.17 Å². The van der Waals surface area contributed by atoms with Gasteiger partial charge in [0.1, 0.15) is 0 Å². The minimum Gasteiger partial charge on any atom is -0.307 e. The number of nitrogens with zero attached hydrogens (tertiary/aromatic N) is 2. The Bertz CT molecular complexity index is 888. The highest BCUT2D eigenvalue weighted by molar-refractivity contribution is 8.15. The lowest BCUT2D eigenvalue weighted by molar-refractivity contribution is -0.137. The second-order valence-corrected chi connectivity index (χ2v) is 7.72. The third-order valence-electron chi connectivity index (χ3n) is 3.69. The quantitative estimate of drug-likeness (QED) is 0.667. The van der Waals surface area contributed by atoms with Gasteiger partial charge in [0.25, 0.3) is 0 Å². The molecule has 1 unspecified atom stereocenters. The van der Waals surface area contributed by atoms with Gasteiger partial charge in [0.05, 0.1) is 17.8 Å². The fourth-order valence-corrected chi connectivity index (χ4v) is 3.60. The van der Waals surface area contributed by atoms with Crippen LogP contribution in [0.5, 0.6) is 0 Å². The van der Waals surface area contributed by atoms with Crippen LogP contribution in [0, 0.1) is 0 Å². The molecular formula is C18H15ClF3N3OS. The number of carbonyl (C=O) groups is 1. The Hall–Kier alpha value is -2.19. The first-order chi connectivity index (χ1) is 12.7. The molecule has 0 spiro atoms. The number of carbonyl (C=O) groups excluding carboxylic acids is 1. The van der Waals surface area contributed by atoms with Crippen LogP contribution in [0.25, 0.3) is 0 Å². The van der Waals surface area contributed by atoms with E-state index < -0.39 is 17.8 Å². The van der Waals surface area contributed by atoms with Crippen molar-refractivity contribution in [2.24, 2.45) is 4.99 Å². The lowest BCUT2D eigenvalue weighted by atomic mass is 10.2. The van der Waals surface area contributed by atoms with Crippen LogP contribution in [-0.2, 0) is 6.18 Å². The van der Waals surface area contributed by atoms with E-state index in [2.05, 4.69) is 10.3 Å². The first-order valence-electron chi connectivity index (χ1n) is 7.99. The minimum atomic E-state index is -4.49. The van der Waals surface area contributed by atoms with Gasteiger partial charge in [-0.2, -0.15) is 13.2 Å². The molecule has 2 aromatic carbocycles. The number of amides is 2. The van der Waals surface area contributed by atoms with Gasteiger partial charge in [0.2, 0.25) is 0 Å². The lowest BCUT2D eigenvalue weighted by Crippen LogP contribution is -2.38. The molecule has 4 nitrogen and oxygen atoms in total. The molecule has 1 aliphatic rings. The summed E-state index contributed by atoms with van der Waals surface area (Å²) < 4.78 is 38.7. The number of amidine groups is 1. The van der Waals surface area contributed by atoms with E-state index in [0.717, 1.165) is 12.1 Å². The van der Waals surface area contributed by atoms with Crippen LogP contribution < -0.4 is 10.2 Å². The Morgan fingerprint density at radius 1 is 1.26 bits per heavy atom. The highest BCUT2D eigenvalue weighted by Crippen LogP contribution is 2.32. The smallest absolute Gasteiger partial charge is 0.307 e. The molecule has 0 aromatic heterocycles. The van der Waals surface area contributed by atoms with Crippen molar-refractivity contribution in [1.29, 1.82) is 0 Å². The average molecular weight is 414 g/mol. The summed E-state index contributed by atoms with van der Waals surface area (Å²) in [5.41, 5.74) is -0.318. The van der Waals surface area contributed by atoms with E-state index in [1.54, 1.807) is 24.3 Å². The van der Waals surface area contributed by atoms with Gasteiger partial charge in [-0.1, -0.05) is 42.4 Å². The van der Waals surface area contributed by atoms with Gasteiger partial charge in [-0.15, -0.1) is 0 Å². The van der Waals surface area contributed by atoms with Gasteiger partial charge in [-0.3, -0.25) is 4.99 Å². The van der Waals surface area contributed by atoms with Crippen molar-refractivity contribution in [3.05, 3.63) is 59.1 Å². The fourth-order valence-electron chi connectivity index (χ4n) is 2.47. The Kier molecular flexibility index (Phi) is 5.67. The van der Waals surface area contributed by atoms with Crippen LogP contribution in [-0.4, -0.2) is 23.0 Å². The average Bonchev–Trinajstić information content (AvgIpc) is 3.00. The van der Waals surface area contributed by atoms with Crippen molar-refractivity contribution in [2.45, 2.75) is 18.3 Å². The number of rotatable bonds is 2. The lowest BCUT2D eigenvalue weighted by Gasteiger charge is -2.23. The molecule has 1 aliphatic heterocycles. The maximum absolute atomic E-state index is 12.9. The van der Waals surface area contributed by atoms with Crippen LogP contribution in [0.2, 0.25) is 5.02 Å². The van der Waals surface area contributed by atoms with Crippen molar-refractivity contribution in [3.63, 3.8) is 0 Å². The number of alkyl halides is 3. The number of benzene rings is 2. The summed E-state index contributed by atoms with van der Waals surface area (Å²) in [4.78, 5) is 18.6. The highest BCUT2D eigenvalue weighted by Gasteiger charge is 2.31. The van der Waals surface area contributed by atoms with E-state index >= 15 is 0 Å². The van der Waals surface area contributed by atoms with Gasteiger partial charge < -0.3 is 5.32 Å². The molecule has 2 aromatic rings. The van der Waals surface area contributed by atoms with Crippen molar-refractivity contribution >= 4 is 45.9 Å². The molecule has 27 heavy (non-hydrogen) atoms. The summed E-state index contributed by atoms with van der Waals surface area (Å²) in [7, 11) is 0. The molecule has 142 valence electrons. The molecule has 1 N–H and O–H groups in total. The van der Waals surface area contributed by atoms with Gasteiger partial charge in [-0.05, 0) is 36.4 Å². The Morgan fingerprint density at radius 2 is 2.00 bits per heavy atom. The first kappa shape index (κ1) is 19.6. The van der Waals surface area contributed by atoms with Gasteiger partial charge in [0, 0.05) is 16.0 Å². The molecular weight excluding hydrogens is 399 g/mol. The van der Waals surface area contributed by atoms with Crippen LogP contribution in [0.3, 0.4) is 0 Å². The largest absolute Gasteiger partial charge is 0.416 e. The second kappa shape index (κ2) is 7.82. The summed E-state index contributed by atoms with van der Waals surface area (Å²) in [6.07, 6.45) is -4.49. The fraction of sp³-hybridized carbons (Fsp3) is 0.222. The van der Waals surface area contributed by atoms with Crippen LogP contribution in [0.1, 0.15) is 12.5 Å². The third kappa shape index (κ3) is 4.75. The molecule has 0 bridgehead atoms. The van der Waals surface area contributed by atoms with Gasteiger partial charge >= 0.3 is 12.2 Å². The van der Waals surface area contributed by atoms with E-state index in [0.29, 0.717) is 22.4 Å². The zero-order valence-corrected chi connectivity index (χ0v) is 15.7. The number of urea groups is 1. The number of halogens is 4. The molecule has 0 aliphatic carbocycles. The molecule has 0 fully saturated rings. The molecule has 1 heterocycles. The van der Waals surface area contributed by atoms with Crippen molar-refractivity contribution in [2.75, 3.05) is 16.8 Å². The molecule has 9 heteroatoms. The first-order valence-corrected chi connectivity index (χ1v) is 9.25. The standard InChI is InChI=1S/C18H15ClF3N3OS/c1-11-10-23-17(27-11)25(15-7-3-5-13(19)9-15)16(26)24-14-6-2-4-12(8-14)18(20,21)22/h2-9,11H,10H2,1H3,(H,24,26). The van der Waals surface area contributed by atoms with E-state index in [-0.39, 0.29) is 10.9 Å². The van der Waals surface area contributed by atoms with E-state index in [9.17, 15) is 18.0 Å². The number of nitrogens with one attached hydrogen (secondary N) is 1. The number of hydrogen-bond donors (Lipinski definition) is 1. The van der Waals surface area contributed by atoms with Gasteiger partial charge in [-0.25, -0.2) is 9.69 Å². The molecule has 3 rings (SSSR count). The zero-order valence-electron chi connectivity index (χ0n) is 14.1. The zero-order chi connectivity index (χ0) is 19.6. The molecule has 2 amide bonds. The molecule has 0 radical (unpaired) electrons. The maximum Gasteiger partial charge on any atom is 0.416 e. The van der Waals surface area contributed by atoms with Crippen LogP contribution in [0.15, 0.2) is 53.5 Å². The van der Waals surface area contributed by atoms with Crippen LogP contribution in [0.4, 0.5) is 29.3 Å². The van der Waals surface area contributed by atoms with Crippen LogP contribution >= 0.6 is 23.4 Å². The van der Waals surface area contributed by atoms with Crippen molar-refractivity contribution < 1.29 is 18.0 Å². The minimum absolute atomic E-state index is 0.0403. The second-order valence-electron chi connectivity index (χ2n) is 5.88. The number of anilines is 2. The summed E-state index contributed by atoms with van der Waals surface area (Å²) in [5, 5.41) is 3.61. The summed E-state index contributed by atoms with van der Waals surface area (Å²) in [6, 6.07) is 10.5. The summed E-state index contributed by atoms with van der Waals surface area (Å²) in [6.45, 7) is 2.52. The normalized spacial score (nSPS) is 16.8. The van der Waals surface area contributed by atoms with E-state index in [1.807, 2.05) is 6.92 Å². The number of thioether (sulfide) groups is 1. The Labute approximate surface area is 163 Å². The monoisotopic (exact) mass is 413 g/mol. The Morgan fingerprint density at radius 3 is 2.63 bits per heavy atom. The SMILES string of the molecule is CC1CN=C(N(C(=O)Nc2cccc(C(F)(F)F)c2)c2cccc(Cl)c2)S1. The molecule has 1 atom stereocenters. The molecule has 0 saturated heterocycles. The third-order valence-corrected chi connectivity index (χ3v) is 5.00. The summed E-state index contributed by atoms with van der Waals surface area (Å²) in [5.74, 6) is 0. The van der Waals surface area contributed by atoms with E-state index in [4.69, 9.17) is 11.6 Å². The highest BCUT2D eigenvalue weighted by atomic mass is 35.5. The Balaban J connectivity index is 1.90. The predicted octanol–water partition coefficient (Wildman–Crippen LogP) is 5.89. The number of aliphatic imine (C=N–C) groups is 1. The van der Waals surface area contributed by atoms with E-state index in [1.165, 1.54) is 28.8 Å². The van der Waals surface area contributed by atoms with Crippen molar-refractivity contribution in [1.82, 2.24) is 0 Å². The summed E-state index contributed by atoms with van der Waals surface area (Å²) >= 11 is 7.44. The van der Waals surface area contributed by atoms with Crippen molar-refractivity contribution in [3.8, 4) is 0 Å². The maximum atomic E-state index is 12.9.